The fourth-order valence-electron chi connectivity index (χ4n) is 5.17. The van der Waals surface area contributed by atoms with Crippen LogP contribution in [0, 0.1) is 0 Å². The van der Waals surface area contributed by atoms with Crippen LogP contribution in [0.15, 0.2) is 60.0 Å². The molecule has 1 saturated carbocycles. The second-order valence-electron chi connectivity index (χ2n) is 9.32. The zero-order valence-electron chi connectivity index (χ0n) is 19.4. The summed E-state index contributed by atoms with van der Waals surface area (Å²) >= 11 is 6.15. The van der Waals surface area contributed by atoms with Crippen molar-refractivity contribution in [1.82, 2.24) is 19.6 Å². The van der Waals surface area contributed by atoms with E-state index in [-0.39, 0.29) is 23.0 Å². The molecule has 1 fully saturated rings. The highest BCUT2D eigenvalue weighted by Crippen LogP contribution is 2.53. The largest absolute Gasteiger partial charge is 0.339 e. The summed E-state index contributed by atoms with van der Waals surface area (Å²) in [5.74, 6) is -0.444. The van der Waals surface area contributed by atoms with Gasteiger partial charge in [0.15, 0.2) is 5.03 Å². The number of carbonyl (C=O) groups is 1. The van der Waals surface area contributed by atoms with Crippen LogP contribution in [-0.2, 0) is 33.7 Å². The number of fused-ring (bicyclic) bond motifs is 1. The van der Waals surface area contributed by atoms with E-state index in [1.54, 1.807) is 7.05 Å². The molecule has 10 heteroatoms. The van der Waals surface area contributed by atoms with Gasteiger partial charge in [0.1, 0.15) is 0 Å². The Balaban J connectivity index is 1.33. The van der Waals surface area contributed by atoms with Gasteiger partial charge in [-0.25, -0.2) is 18.1 Å². The van der Waals surface area contributed by atoms with Gasteiger partial charge >= 0.3 is 0 Å². The van der Waals surface area contributed by atoms with Crippen LogP contribution in [0.25, 0.3) is 0 Å². The van der Waals surface area contributed by atoms with Gasteiger partial charge in [-0.3, -0.25) is 4.79 Å². The third-order valence-electron chi connectivity index (χ3n) is 7.08. The van der Waals surface area contributed by atoms with Crippen molar-refractivity contribution < 1.29 is 13.2 Å². The molecule has 2 aliphatic rings. The number of sulfonamides is 1. The summed E-state index contributed by atoms with van der Waals surface area (Å²) in [5.41, 5.74) is 4.35. The number of halogens is 1. The van der Waals surface area contributed by atoms with Crippen molar-refractivity contribution in [2.45, 2.75) is 42.2 Å². The zero-order valence-corrected chi connectivity index (χ0v) is 21.0. The molecule has 1 unspecified atom stereocenters. The van der Waals surface area contributed by atoms with Gasteiger partial charge in [-0.05, 0) is 66.8 Å². The van der Waals surface area contributed by atoms with Crippen molar-refractivity contribution in [1.29, 1.82) is 0 Å². The lowest BCUT2D eigenvalue weighted by Gasteiger charge is -2.50. The molecule has 0 radical (unpaired) electrons. The first-order valence-corrected chi connectivity index (χ1v) is 13.5. The molecule has 2 heterocycles. The van der Waals surface area contributed by atoms with Gasteiger partial charge in [0, 0.05) is 35.4 Å². The second-order valence-corrected chi connectivity index (χ2v) is 11.5. The number of nitrogens with one attached hydrogen (secondary N) is 3. The van der Waals surface area contributed by atoms with E-state index < -0.39 is 15.9 Å². The number of rotatable bonds is 7. The Morgan fingerprint density at radius 3 is 2.66 bits per heavy atom. The van der Waals surface area contributed by atoms with Gasteiger partial charge in [-0.15, -0.1) is 0 Å². The highest BCUT2D eigenvalue weighted by Gasteiger charge is 2.47. The number of nitrogens with zero attached hydrogens (tertiary/aromatic N) is 2. The van der Waals surface area contributed by atoms with Crippen molar-refractivity contribution in [2.24, 2.45) is 7.05 Å². The number of amides is 1. The Bertz CT molecular complexity index is 1350. The van der Waals surface area contributed by atoms with Crippen molar-refractivity contribution in [2.75, 3.05) is 18.4 Å². The molecule has 1 aliphatic carbocycles. The summed E-state index contributed by atoms with van der Waals surface area (Å²) in [6.07, 6.45) is 7.03. The van der Waals surface area contributed by atoms with Gasteiger partial charge < -0.3 is 15.2 Å². The highest BCUT2D eigenvalue weighted by atomic mass is 35.5. The molecule has 3 N–H and O–H groups in total. The quantitative estimate of drug-likeness (QED) is 0.449. The molecule has 2 aromatic carbocycles. The van der Waals surface area contributed by atoms with Gasteiger partial charge in [-0.2, -0.15) is 0 Å². The molecule has 1 aliphatic heterocycles. The molecule has 1 atom stereocenters. The summed E-state index contributed by atoms with van der Waals surface area (Å²) in [5, 5.41) is 7.17. The number of anilines is 1. The number of aryl methyl sites for hydroxylation is 1. The lowest BCUT2D eigenvalue weighted by molar-refractivity contribution is -0.115. The molecule has 1 amide bonds. The number of hydrogen-bond donors (Lipinski definition) is 3. The third-order valence-corrected chi connectivity index (χ3v) is 8.62. The lowest BCUT2D eigenvalue weighted by Crippen LogP contribution is -2.49. The van der Waals surface area contributed by atoms with E-state index in [0.717, 1.165) is 30.8 Å². The molecular weight excluding hydrogens is 486 g/mol. The van der Waals surface area contributed by atoms with Crippen molar-refractivity contribution in [3.05, 3.63) is 76.7 Å². The highest BCUT2D eigenvalue weighted by molar-refractivity contribution is 7.89. The first kappa shape index (κ1) is 24.0. The first-order valence-electron chi connectivity index (χ1n) is 11.7. The Kier molecular flexibility index (Phi) is 6.43. The number of hydrogen-bond acceptors (Lipinski definition) is 5. The summed E-state index contributed by atoms with van der Waals surface area (Å²) < 4.78 is 28.6. The molecule has 0 spiro atoms. The van der Waals surface area contributed by atoms with Crippen LogP contribution in [0.5, 0.6) is 0 Å². The summed E-state index contributed by atoms with van der Waals surface area (Å²) in [4.78, 5) is 16.4. The maximum Gasteiger partial charge on any atom is 0.260 e. The number of imidazole rings is 1. The van der Waals surface area contributed by atoms with E-state index in [1.807, 2.05) is 24.3 Å². The first-order chi connectivity index (χ1) is 16.8. The lowest BCUT2D eigenvalue weighted by atomic mass is 9.58. The fourth-order valence-corrected chi connectivity index (χ4v) is 6.26. The minimum absolute atomic E-state index is 0.0132. The van der Waals surface area contributed by atoms with Crippen LogP contribution in [-0.4, -0.2) is 37.0 Å². The van der Waals surface area contributed by atoms with E-state index in [1.165, 1.54) is 40.2 Å². The molecule has 8 nitrogen and oxygen atoms in total. The smallest absolute Gasteiger partial charge is 0.260 e. The average molecular weight is 514 g/mol. The maximum absolute atomic E-state index is 12.6. The van der Waals surface area contributed by atoms with Crippen LogP contribution < -0.4 is 15.4 Å². The third kappa shape index (κ3) is 4.73. The average Bonchev–Trinajstić information content (AvgIpc) is 3.26. The van der Waals surface area contributed by atoms with Crippen LogP contribution in [0.2, 0.25) is 5.02 Å². The van der Waals surface area contributed by atoms with E-state index in [0.29, 0.717) is 5.69 Å². The van der Waals surface area contributed by atoms with Crippen LogP contribution in [0.1, 0.15) is 42.0 Å². The van der Waals surface area contributed by atoms with Gasteiger partial charge in [0.05, 0.1) is 12.9 Å². The Labute approximate surface area is 210 Å². The normalized spacial score (nSPS) is 19.0. The van der Waals surface area contributed by atoms with Gasteiger partial charge in [-0.1, -0.05) is 36.2 Å². The van der Waals surface area contributed by atoms with E-state index in [2.05, 4.69) is 38.5 Å². The summed E-state index contributed by atoms with van der Waals surface area (Å²) in [6.45, 7) is 0.514. The van der Waals surface area contributed by atoms with Crippen molar-refractivity contribution in [3.63, 3.8) is 0 Å². The summed E-state index contributed by atoms with van der Waals surface area (Å²) in [7, 11) is -2.18. The van der Waals surface area contributed by atoms with Crippen LogP contribution >= 0.6 is 11.6 Å². The van der Waals surface area contributed by atoms with E-state index in [9.17, 15) is 13.2 Å². The summed E-state index contributed by atoms with van der Waals surface area (Å²) in [6, 6.07) is 14.2. The zero-order chi connectivity index (χ0) is 24.6. The standard InChI is InChI=1S/C25H28ClN5O3S/c1-31-15-23(28-16-31)35(33,34)29-14-22(32)30-20-8-3-17-9-12-27-24(21(17)13-20)25(10-2-11-25)18-4-6-19(26)7-5-18/h3-8,13,15-16,24,27,29H,2,9-12,14H2,1H3,(H,30,32). The van der Waals surface area contributed by atoms with Crippen LogP contribution in [0.3, 0.4) is 0 Å². The fraction of sp³-hybridized carbons (Fsp3) is 0.360. The second kappa shape index (κ2) is 9.39. The predicted octanol–water partition coefficient (Wildman–Crippen LogP) is 3.30. The molecule has 184 valence electrons. The number of carbonyl (C=O) groups excluding carboxylic acids is 1. The van der Waals surface area contributed by atoms with Gasteiger partial charge in [0.25, 0.3) is 10.0 Å². The SMILES string of the molecule is Cn1cnc(S(=O)(=O)NCC(=O)Nc2ccc3c(c2)C(C2(c4ccc(Cl)cc4)CCC2)NCC3)c1. The molecule has 3 aromatic rings. The minimum Gasteiger partial charge on any atom is -0.339 e. The van der Waals surface area contributed by atoms with Crippen molar-refractivity contribution in [3.8, 4) is 0 Å². The molecule has 35 heavy (non-hydrogen) atoms. The number of benzene rings is 2. The monoisotopic (exact) mass is 513 g/mol. The Morgan fingerprint density at radius 2 is 2.00 bits per heavy atom. The maximum atomic E-state index is 12.6. The molecular formula is C25H28ClN5O3S. The Morgan fingerprint density at radius 1 is 1.23 bits per heavy atom. The molecule has 0 bridgehead atoms. The van der Waals surface area contributed by atoms with E-state index in [4.69, 9.17) is 11.6 Å². The van der Waals surface area contributed by atoms with Crippen molar-refractivity contribution >= 4 is 33.2 Å². The molecule has 1 aromatic heterocycles. The van der Waals surface area contributed by atoms with Crippen LogP contribution in [0.4, 0.5) is 5.69 Å². The molecule has 0 saturated heterocycles. The van der Waals surface area contributed by atoms with Gasteiger partial charge in [0.2, 0.25) is 5.91 Å². The Hall–Kier alpha value is -2.72. The molecule has 5 rings (SSSR count). The topological polar surface area (TPSA) is 105 Å². The minimum atomic E-state index is -3.86. The predicted molar refractivity (Wildman–Crippen MR) is 135 cm³/mol. The van der Waals surface area contributed by atoms with E-state index >= 15 is 0 Å². The number of aromatic nitrogens is 2.